The van der Waals surface area contributed by atoms with E-state index >= 15 is 0 Å². The monoisotopic (exact) mass is 267 g/mol. The van der Waals surface area contributed by atoms with Gasteiger partial charge in [-0.05, 0) is 18.8 Å². The van der Waals surface area contributed by atoms with Gasteiger partial charge in [0.05, 0.1) is 6.61 Å². The summed E-state index contributed by atoms with van der Waals surface area (Å²) < 4.78 is 9.43. The van der Waals surface area contributed by atoms with Crippen molar-refractivity contribution in [2.24, 2.45) is 5.41 Å². The van der Waals surface area contributed by atoms with Crippen LogP contribution in [0.5, 0.6) is 0 Å². The SMILES string of the molecule is CC1(C)CCOC1.Cc1nc(-c2noc(=O)[nH]2)n[nH]1. The molecule has 0 bridgehead atoms. The Labute approximate surface area is 109 Å². The van der Waals surface area contributed by atoms with Gasteiger partial charge in [0.2, 0.25) is 11.6 Å². The van der Waals surface area contributed by atoms with E-state index in [0.717, 1.165) is 13.2 Å². The van der Waals surface area contributed by atoms with E-state index in [0.29, 0.717) is 17.1 Å². The second kappa shape index (κ2) is 5.35. The van der Waals surface area contributed by atoms with Crippen LogP contribution in [-0.2, 0) is 4.74 Å². The van der Waals surface area contributed by atoms with Crippen molar-refractivity contribution in [3.63, 3.8) is 0 Å². The third-order valence-electron chi connectivity index (χ3n) is 2.67. The quantitative estimate of drug-likeness (QED) is 0.794. The van der Waals surface area contributed by atoms with Gasteiger partial charge in [0.25, 0.3) is 0 Å². The number of nitrogens with zero attached hydrogens (tertiary/aromatic N) is 3. The van der Waals surface area contributed by atoms with Crippen molar-refractivity contribution in [2.45, 2.75) is 27.2 Å². The molecule has 3 heterocycles. The molecule has 0 saturated carbocycles. The Morgan fingerprint density at radius 2 is 2.16 bits per heavy atom. The highest BCUT2D eigenvalue weighted by Crippen LogP contribution is 2.25. The summed E-state index contributed by atoms with van der Waals surface area (Å²) in [6, 6.07) is 0. The second-order valence-electron chi connectivity index (χ2n) is 5.15. The first-order valence-corrected chi connectivity index (χ1v) is 5.99. The van der Waals surface area contributed by atoms with Crippen LogP contribution in [0.2, 0.25) is 0 Å². The Kier molecular flexibility index (Phi) is 3.79. The molecule has 104 valence electrons. The number of nitrogens with one attached hydrogen (secondary N) is 2. The summed E-state index contributed by atoms with van der Waals surface area (Å²) >= 11 is 0. The Morgan fingerprint density at radius 1 is 1.37 bits per heavy atom. The van der Waals surface area contributed by atoms with Crippen molar-refractivity contribution in [2.75, 3.05) is 13.2 Å². The first-order chi connectivity index (χ1) is 8.96. The lowest BCUT2D eigenvalue weighted by atomic mass is 9.94. The molecule has 2 aromatic heterocycles. The highest BCUT2D eigenvalue weighted by Gasteiger charge is 2.22. The first kappa shape index (κ1) is 13.5. The summed E-state index contributed by atoms with van der Waals surface area (Å²) in [5, 5.41) is 9.79. The molecule has 2 aromatic rings. The maximum absolute atomic E-state index is 10.5. The van der Waals surface area contributed by atoms with Gasteiger partial charge in [-0.25, -0.2) is 9.78 Å². The van der Waals surface area contributed by atoms with Crippen molar-refractivity contribution in [3.8, 4) is 11.6 Å². The molecule has 1 aliphatic rings. The van der Waals surface area contributed by atoms with Gasteiger partial charge in [-0.3, -0.25) is 14.6 Å². The fourth-order valence-corrected chi connectivity index (χ4v) is 1.54. The van der Waals surface area contributed by atoms with Gasteiger partial charge in [-0.15, -0.1) is 5.10 Å². The van der Waals surface area contributed by atoms with Crippen LogP contribution in [0.15, 0.2) is 9.32 Å². The minimum Gasteiger partial charge on any atom is -0.381 e. The molecule has 8 nitrogen and oxygen atoms in total. The summed E-state index contributed by atoms with van der Waals surface area (Å²) in [5.74, 6) is 0.573. The van der Waals surface area contributed by atoms with Gasteiger partial charge in [0.15, 0.2) is 0 Å². The number of aromatic nitrogens is 5. The Balaban J connectivity index is 0.000000163. The fraction of sp³-hybridized carbons (Fsp3) is 0.636. The minimum atomic E-state index is -0.618. The first-order valence-electron chi connectivity index (χ1n) is 5.99. The number of hydrogen-bond acceptors (Lipinski definition) is 6. The van der Waals surface area contributed by atoms with Gasteiger partial charge >= 0.3 is 5.76 Å². The largest absolute Gasteiger partial charge is 0.439 e. The molecule has 1 fully saturated rings. The third kappa shape index (κ3) is 3.75. The van der Waals surface area contributed by atoms with Crippen LogP contribution in [0.1, 0.15) is 26.1 Å². The van der Waals surface area contributed by atoms with Crippen LogP contribution in [0.3, 0.4) is 0 Å². The van der Waals surface area contributed by atoms with Crippen LogP contribution < -0.4 is 5.76 Å². The van der Waals surface area contributed by atoms with E-state index in [1.165, 1.54) is 6.42 Å². The molecule has 0 unspecified atom stereocenters. The van der Waals surface area contributed by atoms with E-state index in [4.69, 9.17) is 4.74 Å². The van der Waals surface area contributed by atoms with E-state index in [-0.39, 0.29) is 5.82 Å². The van der Waals surface area contributed by atoms with E-state index in [9.17, 15) is 4.79 Å². The molecule has 2 N–H and O–H groups in total. The van der Waals surface area contributed by atoms with E-state index < -0.39 is 5.76 Å². The van der Waals surface area contributed by atoms with Crippen molar-refractivity contribution < 1.29 is 9.26 Å². The van der Waals surface area contributed by atoms with Gasteiger partial charge in [-0.2, -0.15) is 0 Å². The fourth-order valence-electron chi connectivity index (χ4n) is 1.54. The summed E-state index contributed by atoms with van der Waals surface area (Å²) in [7, 11) is 0. The Hall–Kier alpha value is -1.96. The number of aromatic amines is 2. The molecule has 19 heavy (non-hydrogen) atoms. The van der Waals surface area contributed by atoms with Crippen LogP contribution in [0.25, 0.3) is 11.6 Å². The summed E-state index contributed by atoms with van der Waals surface area (Å²) in [5.41, 5.74) is 0.472. The lowest BCUT2D eigenvalue weighted by Crippen LogP contribution is -2.08. The molecule has 0 radical (unpaired) electrons. The zero-order chi connectivity index (χ0) is 13.9. The number of ether oxygens (including phenoxy) is 1. The number of rotatable bonds is 1. The van der Waals surface area contributed by atoms with Gasteiger partial charge in [0, 0.05) is 6.61 Å². The predicted octanol–water partition coefficient (Wildman–Crippen LogP) is 0.889. The molecule has 0 spiro atoms. The van der Waals surface area contributed by atoms with Gasteiger partial charge in [0.1, 0.15) is 5.82 Å². The number of aryl methyl sites for hydroxylation is 1. The van der Waals surface area contributed by atoms with Crippen LogP contribution in [-0.4, -0.2) is 38.5 Å². The summed E-state index contributed by atoms with van der Waals surface area (Å²) in [4.78, 5) is 16.8. The lowest BCUT2D eigenvalue weighted by Gasteiger charge is -2.11. The van der Waals surface area contributed by atoms with E-state index in [1.807, 2.05) is 0 Å². The van der Waals surface area contributed by atoms with Crippen molar-refractivity contribution in [3.05, 3.63) is 16.4 Å². The highest BCUT2D eigenvalue weighted by molar-refractivity contribution is 5.39. The molecule has 0 amide bonds. The summed E-state index contributed by atoms with van der Waals surface area (Å²) in [6.45, 7) is 8.13. The molecule has 0 aliphatic carbocycles. The van der Waals surface area contributed by atoms with E-state index in [2.05, 4.69) is 43.7 Å². The topological polar surface area (TPSA) is 110 Å². The molecular weight excluding hydrogens is 250 g/mol. The number of H-pyrrole nitrogens is 2. The smallest absolute Gasteiger partial charge is 0.381 e. The molecule has 3 rings (SSSR count). The van der Waals surface area contributed by atoms with Gasteiger partial charge < -0.3 is 4.74 Å². The normalized spacial score (nSPS) is 17.0. The lowest BCUT2D eigenvalue weighted by molar-refractivity contribution is 0.167. The average Bonchev–Trinajstić information content (AvgIpc) is 3.02. The predicted molar refractivity (Wildman–Crippen MR) is 66.5 cm³/mol. The second-order valence-corrected chi connectivity index (χ2v) is 5.15. The van der Waals surface area contributed by atoms with Crippen LogP contribution in [0.4, 0.5) is 0 Å². The van der Waals surface area contributed by atoms with E-state index in [1.54, 1.807) is 6.92 Å². The zero-order valence-corrected chi connectivity index (χ0v) is 11.2. The van der Waals surface area contributed by atoms with Crippen molar-refractivity contribution in [1.29, 1.82) is 0 Å². The Morgan fingerprint density at radius 3 is 2.53 bits per heavy atom. The molecule has 1 aliphatic heterocycles. The van der Waals surface area contributed by atoms with Crippen LogP contribution in [0, 0.1) is 12.3 Å². The average molecular weight is 267 g/mol. The maximum Gasteiger partial charge on any atom is 0.439 e. The van der Waals surface area contributed by atoms with Gasteiger partial charge in [-0.1, -0.05) is 19.0 Å². The minimum absolute atomic E-state index is 0.226. The van der Waals surface area contributed by atoms with Crippen molar-refractivity contribution >= 4 is 0 Å². The maximum atomic E-state index is 10.5. The highest BCUT2D eigenvalue weighted by atomic mass is 16.5. The van der Waals surface area contributed by atoms with Crippen LogP contribution >= 0.6 is 0 Å². The number of hydrogen-bond donors (Lipinski definition) is 2. The summed E-state index contributed by atoms with van der Waals surface area (Å²) in [6.07, 6.45) is 1.23. The standard InChI is InChI=1S/C6H12O.C5H5N5O2/c1-6(2)3-4-7-5-6;1-2-6-3(9-8-2)4-7-5(11)12-10-4/h3-5H2,1-2H3;1H3,(H,6,8,9)(H,7,10,11). The molecule has 0 aromatic carbocycles. The zero-order valence-electron chi connectivity index (χ0n) is 11.2. The third-order valence-corrected chi connectivity index (χ3v) is 2.67. The Bertz CT molecular complexity index is 575. The molecule has 1 saturated heterocycles. The molecule has 8 heteroatoms. The van der Waals surface area contributed by atoms with Crippen molar-refractivity contribution in [1.82, 2.24) is 25.3 Å². The molecule has 0 atom stereocenters. The molecular formula is C11H17N5O3.